The number of nitrogens with zero attached hydrogens (tertiary/aromatic N) is 6. The van der Waals surface area contributed by atoms with Crippen LogP contribution in [0, 0.1) is 70.9 Å². The number of aryl methyl sites for hydroxylation is 6. The van der Waals surface area contributed by atoms with E-state index in [1.54, 1.807) is 27.7 Å². The third kappa shape index (κ3) is 25.6. The smallest absolute Gasteiger partial charge is 0.161 e. The normalized spacial score (nSPS) is 49.4. The summed E-state index contributed by atoms with van der Waals surface area (Å²) in [7, 11) is -38.8. The number of carbonyl (C=O) groups excluding carboxylic acids is 6. The highest BCUT2D eigenvalue weighted by molar-refractivity contribution is 5.86. The summed E-state index contributed by atoms with van der Waals surface area (Å²) >= 11 is 0. The van der Waals surface area contributed by atoms with Gasteiger partial charge >= 0.3 is 0 Å². The first-order chi connectivity index (χ1) is 108. The van der Waals surface area contributed by atoms with Crippen LogP contribution in [0.25, 0.3) is 0 Å². The number of methoxy groups -OCH3 is 12. The van der Waals surface area contributed by atoms with Crippen LogP contribution in [0.3, 0.4) is 0 Å². The van der Waals surface area contributed by atoms with Crippen LogP contribution >= 0.6 is 0 Å². The Morgan fingerprint density at radius 2 is 0.546 bits per heavy atom. The van der Waals surface area contributed by atoms with Gasteiger partial charge in [0.1, 0.15) is 34.7 Å². The van der Waals surface area contributed by atoms with E-state index in [1.807, 2.05) is 0 Å². The maximum atomic E-state index is 14.0. The molecule has 0 aromatic heterocycles. The van der Waals surface area contributed by atoms with Gasteiger partial charge in [0.2, 0.25) is 0 Å². The van der Waals surface area contributed by atoms with E-state index < -0.39 is 570 Å². The minimum absolute atomic E-state index is 0.0309. The van der Waals surface area contributed by atoms with Crippen LogP contribution in [0.1, 0.15) is 426 Å². The first kappa shape index (κ1) is 36.4. The Hall–Kier alpha value is -9.30. The van der Waals surface area contributed by atoms with Gasteiger partial charge in [0.05, 0.1) is 142 Å². The molecular weight excluding hydrogens is 1780 g/mol. The molecule has 12 heterocycles. The molecular formula is C117H168N6O18. The Kier molecular flexibility index (Phi) is 12.9. The van der Waals surface area contributed by atoms with Crippen LogP contribution < -0.4 is 56.8 Å². The van der Waals surface area contributed by atoms with Gasteiger partial charge in [-0.25, -0.2) is 0 Å². The summed E-state index contributed by atoms with van der Waals surface area (Å²) in [5, 5.41) is 0. The zero-order valence-corrected chi connectivity index (χ0v) is 76.3. The molecule has 0 aliphatic carbocycles. The Labute approximate surface area is 990 Å². The quantitative estimate of drug-likeness (QED) is 0.0466. The second kappa shape index (κ2) is 50.0. The molecule has 15 atom stereocenters. The van der Waals surface area contributed by atoms with E-state index in [0.717, 1.165) is 18.2 Å². The highest BCUT2D eigenvalue weighted by Gasteiger charge is 2.47. The monoisotopic (exact) mass is 2050 g/mol. The minimum atomic E-state index is -4.20. The van der Waals surface area contributed by atoms with Crippen LogP contribution in [0.15, 0.2) is 72.8 Å². The molecule has 12 aliphatic heterocycles. The lowest BCUT2D eigenvalue weighted by molar-refractivity contribution is -0.130. The van der Waals surface area contributed by atoms with Gasteiger partial charge in [0, 0.05) is 274 Å². The summed E-state index contributed by atoms with van der Waals surface area (Å²) in [5.74, 6) is -47.3. The Balaban J connectivity index is 0.000000232. The van der Waals surface area contributed by atoms with Gasteiger partial charge in [0.15, 0.2) is 69.0 Å². The van der Waals surface area contributed by atoms with Crippen molar-refractivity contribution < 1.29 is 230 Å². The summed E-state index contributed by atoms with van der Waals surface area (Å²) in [5.41, 5.74) is -9.15. The summed E-state index contributed by atoms with van der Waals surface area (Å²) in [6.45, 7) is -34.6. The number of hydrogen-bond donors (Lipinski definition) is 0. The molecule has 6 fully saturated rings. The minimum Gasteiger partial charge on any atom is -0.493 e. The number of rotatable bonds is 27. The predicted octanol–water partition coefficient (Wildman–Crippen LogP) is 20.6. The number of ketones is 6. The van der Waals surface area contributed by atoms with Crippen LogP contribution in [-0.4, -0.2) is 227 Å². The lowest BCUT2D eigenvalue weighted by Crippen LogP contribution is -2.46. The lowest BCUT2D eigenvalue weighted by atomic mass is 9.79. The summed E-state index contributed by atoms with van der Waals surface area (Å²) in [6, 6.07) is -10.8. The average molecular weight is 2050 g/mol. The van der Waals surface area contributed by atoms with Crippen molar-refractivity contribution in [1.82, 2.24) is 29.4 Å². The maximum Gasteiger partial charge on any atom is 0.161 e. The molecule has 6 saturated heterocycles. The van der Waals surface area contributed by atoms with E-state index in [4.69, 9.17) is 197 Å². The average Bonchev–Trinajstić information content (AvgIpc) is 0.668. The van der Waals surface area contributed by atoms with Crippen LogP contribution in [0.2, 0.25) is 0 Å². The molecule has 6 aromatic rings. The fourth-order valence-corrected chi connectivity index (χ4v) is 15.4. The van der Waals surface area contributed by atoms with Crippen molar-refractivity contribution in [3.8, 4) is 69.0 Å². The number of hydrogen-bond acceptors (Lipinski definition) is 24. The molecule has 15 unspecified atom stereocenters. The molecule has 0 amide bonds. The van der Waals surface area contributed by atoms with Gasteiger partial charge in [-0.1, -0.05) is 102 Å². The van der Waals surface area contributed by atoms with E-state index in [2.05, 4.69) is 0 Å². The molecule has 18 rings (SSSR count). The predicted molar refractivity (Wildman–Crippen MR) is 555 cm³/mol. The van der Waals surface area contributed by atoms with Crippen molar-refractivity contribution in [1.29, 1.82) is 0 Å². The lowest BCUT2D eigenvalue weighted by Gasteiger charge is -2.43. The van der Waals surface area contributed by atoms with Crippen molar-refractivity contribution >= 4 is 34.7 Å². The zero-order valence-electron chi connectivity index (χ0n) is 181. The first-order valence-electron chi connectivity index (χ1n) is 94.9. The van der Waals surface area contributed by atoms with Crippen molar-refractivity contribution in [2.75, 3.05) is 163 Å². The molecule has 774 valence electrons. The summed E-state index contributed by atoms with van der Waals surface area (Å²) < 4.78 is 913. The molecule has 0 bridgehead atoms. The largest absolute Gasteiger partial charge is 0.493 e. The van der Waals surface area contributed by atoms with Crippen molar-refractivity contribution in [2.45, 2.75) is 253 Å². The maximum absolute atomic E-state index is 14.0. The highest BCUT2D eigenvalue weighted by Crippen LogP contribution is 2.51. The fraction of sp³-hybridized carbons (Fsp3) is 0.641. The number of carbonyl (C=O) groups is 6. The third-order valence-electron chi connectivity index (χ3n) is 22.2. The molecule has 24 nitrogen and oxygen atoms in total. The van der Waals surface area contributed by atoms with Crippen molar-refractivity contribution in [3.63, 3.8) is 0 Å². The fourth-order valence-electron chi connectivity index (χ4n) is 15.4. The Bertz CT molecular complexity index is 10200. The van der Waals surface area contributed by atoms with E-state index in [-0.39, 0.29) is 39.4 Å². The van der Waals surface area contributed by atoms with Gasteiger partial charge in [-0.3, -0.25) is 58.2 Å². The second-order valence-corrected chi connectivity index (χ2v) is 32.8. The van der Waals surface area contributed by atoms with Crippen molar-refractivity contribution in [2.24, 2.45) is 70.9 Å². The highest BCUT2D eigenvalue weighted by atomic mass is 16.5. The Morgan fingerprint density at radius 1 is 0.298 bits per heavy atom. The van der Waals surface area contributed by atoms with Crippen LogP contribution in [0.5, 0.6) is 69.0 Å². The molecule has 0 radical (unpaired) electrons. The number of Topliss-reactive ketones (excluding diaryl/α,β-unsaturated/α-hetero) is 6. The van der Waals surface area contributed by atoms with E-state index in [9.17, 15) is 32.9 Å². The van der Waals surface area contributed by atoms with Crippen molar-refractivity contribution in [3.05, 3.63) is 140 Å². The number of piperidine rings is 6. The SMILES string of the molecule is [2H]C([2H])([2H])Oc1cc2c(cc1OC([2H])([2H])[2H])C([2H])([2H])C([2H])([2H])N1C2([2H])CC(=O)C(C([2H])([2H])C([2H])(C([2H])([2H])[2H])C([2H])([2H])C)C1([2H])[2H].[2H]C([2H])([2H])Oc1cc2c(cc1OC([2H])([2H])[2H])C([2H])([2H])C([2H])([2H])N1C2([2H])CC(=O)C(CC(C)C)C1([2H])[2H].[2H]C([2H])([2H])Oc1cc2c(cc1OC([2H])([2H])[2H])C([2H])([2H])C([2H])([2H])N1CC(C([2H])([2H])C([2H])(C([2H])([2H])[2H])C([2H])([2H])C)C(=O)CC21[2H].[2H]C([2H])([2H])Oc1cc2c(cc1OC([2H])([2H])[2H])C1([2H])N(C([2H])([2H])C([2H])(CC(C)C)C(=O)C1([2H])[2H])C([2H])([2H])C2([2H])[2H].[2H]C([2H])([2H])Oc1cc2c(cc1OC([2H])([2H])[2H])C1([2H])N(CC([2H])(C([2H])([2H])C([2H])(C([2H])([2H])[2H])C([2H])([2H])C)C(=O)C1([2H])[2H])C([2H])([2H])C2([2H])[2H].[2H]C([2H])([2H])Oc1cc2c(cc1OC([2H])([2H])[2H])C1([2H])N(CC([2H])(CC(C)C)C(=O)C1([2H])[2H])C([2H])([2H])C2([2H])[2H]. The molecule has 0 saturated carbocycles. The number of benzene rings is 6. The molecule has 24 heteroatoms. The molecule has 12 aliphatic rings. The van der Waals surface area contributed by atoms with E-state index >= 15 is 0 Å². The number of fused-ring (bicyclic) bond motifs is 18. The topological polar surface area (TPSA) is 233 Å². The van der Waals surface area contributed by atoms with Gasteiger partial charge in [-0.2, -0.15) is 0 Å². The standard InChI is InChI=1S/3C20H29NO3.3C19H27NO3/c3*1-5-13(2)8-15-12-21-7-6-14-9-19(23-3)20(24-4)10-16(14)17(21)11-18(15)22;3*1-12(2)7-14-11-20-6-5-13-8-18(22-3)19(23-4)9-15(13)16(20)10-17(14)21/h3*9-10,13,15,17H,5-8,11-12H2,1-4H3;3*8-9,12,14,16H,5-7,10-11H2,1-4H3/i2D3,3D3,4D3,5D2,6D2,7D2,8D2,11D2,13D,15D,17D;2D3,3D3,4D3,5D2,6D2,7D2,8D2,12D2,13D,17D;2D3,3D3,4D3,5D2,6D2,7D2,8D2,13D,17D;3D3,4D3,5D2,6D2,10D2,11D2,14D,16D;3D3,4D3,5D2,6D2,10D2,14D,16D;3D3,4D3,5D2,6D2,11D2,16D. The Morgan fingerprint density at radius 3 is 0.879 bits per heavy atom. The first-order valence-corrected chi connectivity index (χ1v) is 42.4. The van der Waals surface area contributed by atoms with Gasteiger partial charge in [-0.15, -0.1) is 0 Å². The summed E-state index contributed by atoms with van der Waals surface area (Å²) in [6.07, 6.45) is -55.9. The number of ether oxygens (including phenoxy) is 12. The van der Waals surface area contributed by atoms with Crippen LogP contribution in [0.4, 0.5) is 0 Å². The summed E-state index contributed by atoms with van der Waals surface area (Å²) in [4.78, 5) is 82.2. The van der Waals surface area contributed by atoms with Gasteiger partial charge < -0.3 is 56.8 Å². The molecule has 141 heavy (non-hydrogen) atoms. The molecule has 6 aromatic carbocycles. The second-order valence-electron chi connectivity index (χ2n) is 32.8. The van der Waals surface area contributed by atoms with Crippen LogP contribution in [-0.2, 0) is 67.0 Å². The van der Waals surface area contributed by atoms with Gasteiger partial charge in [0.25, 0.3) is 0 Å². The zero-order chi connectivity index (χ0) is 193. The van der Waals surface area contributed by atoms with Gasteiger partial charge in [-0.05, 0) is 252 Å². The van der Waals surface area contributed by atoms with E-state index in [1.165, 1.54) is 13.8 Å². The molecule has 0 spiro atoms. The van der Waals surface area contributed by atoms with E-state index in [0.29, 0.717) is 90.1 Å². The molecule has 0 N–H and O–H groups in total. The third-order valence-corrected chi connectivity index (χ3v) is 22.2.